The minimum Gasteiger partial charge on any atom is -0.284 e. The predicted octanol–water partition coefficient (Wildman–Crippen LogP) is 4.36. The highest BCUT2D eigenvalue weighted by Crippen LogP contribution is 2.24. The van der Waals surface area contributed by atoms with Gasteiger partial charge in [-0.05, 0) is 47.9 Å². The van der Waals surface area contributed by atoms with Crippen molar-refractivity contribution in [3.8, 4) is 16.8 Å². The average molecular weight is 286 g/mol. The van der Waals surface area contributed by atoms with Crippen LogP contribution in [-0.2, 0) is 0 Å². The first kappa shape index (κ1) is 13.8. The molecule has 0 bridgehead atoms. The number of rotatable bonds is 2. The van der Waals surface area contributed by atoms with E-state index in [1.807, 2.05) is 55.6 Å². The van der Waals surface area contributed by atoms with Gasteiger partial charge in [-0.3, -0.25) is 9.36 Å². The van der Waals surface area contributed by atoms with Gasteiger partial charge in [0.2, 0.25) is 0 Å². The Morgan fingerprint density at radius 2 is 1.77 bits per heavy atom. The van der Waals surface area contributed by atoms with E-state index in [0.717, 1.165) is 22.4 Å². The second-order valence-corrected chi connectivity index (χ2v) is 5.13. The van der Waals surface area contributed by atoms with Crippen molar-refractivity contribution in [1.29, 1.82) is 0 Å². The van der Waals surface area contributed by atoms with Crippen LogP contribution in [0, 0.1) is 13.5 Å². The maximum Gasteiger partial charge on any atom is 0.255 e. The minimum atomic E-state index is -0.0734. The molecule has 3 heteroatoms. The van der Waals surface area contributed by atoms with E-state index in [1.165, 1.54) is 0 Å². The van der Waals surface area contributed by atoms with Gasteiger partial charge in [0.25, 0.3) is 5.56 Å². The van der Waals surface area contributed by atoms with E-state index in [4.69, 9.17) is 6.57 Å². The highest BCUT2D eigenvalue weighted by atomic mass is 16.1. The first-order chi connectivity index (χ1) is 10.7. The molecule has 0 unspecified atom stereocenters. The minimum absolute atomic E-state index is 0.0734. The largest absolute Gasteiger partial charge is 0.284 e. The van der Waals surface area contributed by atoms with E-state index < -0.39 is 0 Å². The van der Waals surface area contributed by atoms with E-state index >= 15 is 0 Å². The lowest BCUT2D eigenvalue weighted by Crippen LogP contribution is -2.16. The molecule has 2 aromatic carbocycles. The number of hydrogen-bond acceptors (Lipinski definition) is 1. The molecular weight excluding hydrogens is 272 g/mol. The highest BCUT2D eigenvalue weighted by molar-refractivity contribution is 5.68. The standard InChI is InChI=1S/C19H14N2O/c1-14-5-3-8-18(11-14)21-13-16(9-10-19(21)22)15-6-4-7-17(12-15)20-2/h3-13H,1H3. The Balaban J connectivity index is 2.14. The van der Waals surface area contributed by atoms with Gasteiger partial charge in [0.15, 0.2) is 5.69 Å². The molecule has 3 nitrogen and oxygen atoms in total. The van der Waals surface area contributed by atoms with Gasteiger partial charge < -0.3 is 0 Å². The zero-order valence-corrected chi connectivity index (χ0v) is 12.2. The molecule has 0 fully saturated rings. The summed E-state index contributed by atoms with van der Waals surface area (Å²) < 4.78 is 1.63. The molecular formula is C19H14N2O. The number of pyridine rings is 1. The number of aryl methyl sites for hydroxylation is 1. The summed E-state index contributed by atoms with van der Waals surface area (Å²) in [6.45, 7) is 9.10. The lowest BCUT2D eigenvalue weighted by molar-refractivity contribution is 0.990. The first-order valence-corrected chi connectivity index (χ1v) is 6.95. The summed E-state index contributed by atoms with van der Waals surface area (Å²) in [7, 11) is 0. The van der Waals surface area contributed by atoms with E-state index in [9.17, 15) is 4.79 Å². The maximum atomic E-state index is 12.2. The third-order valence-electron chi connectivity index (χ3n) is 3.50. The maximum absolute atomic E-state index is 12.2. The second-order valence-electron chi connectivity index (χ2n) is 5.13. The van der Waals surface area contributed by atoms with Crippen molar-refractivity contribution in [3.05, 3.63) is 94.2 Å². The molecule has 106 valence electrons. The molecule has 0 radical (unpaired) electrons. The van der Waals surface area contributed by atoms with Crippen LogP contribution >= 0.6 is 0 Å². The molecule has 3 rings (SSSR count). The van der Waals surface area contributed by atoms with E-state index in [-0.39, 0.29) is 5.56 Å². The van der Waals surface area contributed by atoms with Crippen molar-refractivity contribution in [2.75, 3.05) is 0 Å². The molecule has 0 atom stereocenters. The molecule has 0 N–H and O–H groups in total. The summed E-state index contributed by atoms with van der Waals surface area (Å²) in [6.07, 6.45) is 1.82. The van der Waals surface area contributed by atoms with Crippen molar-refractivity contribution in [1.82, 2.24) is 4.57 Å². The van der Waals surface area contributed by atoms with Gasteiger partial charge >= 0.3 is 0 Å². The van der Waals surface area contributed by atoms with Gasteiger partial charge in [0.05, 0.1) is 6.57 Å². The fourth-order valence-electron chi connectivity index (χ4n) is 2.39. The predicted molar refractivity (Wildman–Crippen MR) is 88.5 cm³/mol. The molecule has 0 aliphatic carbocycles. The van der Waals surface area contributed by atoms with Crippen LogP contribution in [0.4, 0.5) is 5.69 Å². The SMILES string of the molecule is [C-]#[N+]c1cccc(-c2ccc(=O)n(-c3cccc(C)c3)c2)c1. The Kier molecular flexibility index (Phi) is 3.59. The number of nitrogens with zero attached hydrogens (tertiary/aromatic N) is 2. The smallest absolute Gasteiger partial charge is 0.255 e. The summed E-state index contributed by atoms with van der Waals surface area (Å²) in [4.78, 5) is 15.6. The van der Waals surface area contributed by atoms with Gasteiger partial charge in [-0.25, -0.2) is 4.85 Å². The lowest BCUT2D eigenvalue weighted by atomic mass is 10.1. The number of benzene rings is 2. The summed E-state index contributed by atoms with van der Waals surface area (Å²) in [5.41, 5.74) is 4.29. The second kappa shape index (κ2) is 5.71. The lowest BCUT2D eigenvalue weighted by Gasteiger charge is -2.09. The van der Waals surface area contributed by atoms with E-state index in [0.29, 0.717) is 5.69 Å². The van der Waals surface area contributed by atoms with Crippen LogP contribution in [0.2, 0.25) is 0 Å². The Morgan fingerprint density at radius 1 is 0.955 bits per heavy atom. The molecule has 1 aromatic heterocycles. The average Bonchev–Trinajstić information content (AvgIpc) is 2.55. The van der Waals surface area contributed by atoms with Crippen LogP contribution in [0.3, 0.4) is 0 Å². The summed E-state index contributed by atoms with van der Waals surface area (Å²) in [5.74, 6) is 0. The topological polar surface area (TPSA) is 26.4 Å². The van der Waals surface area contributed by atoms with Crippen LogP contribution in [0.5, 0.6) is 0 Å². The first-order valence-electron chi connectivity index (χ1n) is 6.95. The van der Waals surface area contributed by atoms with Crippen molar-refractivity contribution >= 4 is 5.69 Å². The molecule has 22 heavy (non-hydrogen) atoms. The molecule has 0 aliphatic heterocycles. The van der Waals surface area contributed by atoms with E-state index in [2.05, 4.69) is 4.85 Å². The van der Waals surface area contributed by atoms with Crippen molar-refractivity contribution < 1.29 is 0 Å². The van der Waals surface area contributed by atoms with Gasteiger partial charge in [-0.1, -0.05) is 30.3 Å². The van der Waals surface area contributed by atoms with Crippen molar-refractivity contribution in [3.63, 3.8) is 0 Å². The van der Waals surface area contributed by atoms with Crippen LogP contribution in [-0.4, -0.2) is 4.57 Å². The zero-order valence-electron chi connectivity index (χ0n) is 12.2. The van der Waals surface area contributed by atoms with Gasteiger partial charge in [-0.2, -0.15) is 0 Å². The molecule has 0 amide bonds. The van der Waals surface area contributed by atoms with Gasteiger partial charge in [-0.15, -0.1) is 0 Å². The highest BCUT2D eigenvalue weighted by Gasteiger charge is 2.04. The third-order valence-corrected chi connectivity index (χ3v) is 3.50. The quantitative estimate of drug-likeness (QED) is 0.643. The summed E-state index contributed by atoms with van der Waals surface area (Å²) in [6, 6.07) is 18.6. The van der Waals surface area contributed by atoms with Crippen LogP contribution in [0.15, 0.2) is 71.7 Å². The van der Waals surface area contributed by atoms with Gasteiger partial charge in [0, 0.05) is 18.0 Å². The molecule has 0 saturated carbocycles. The van der Waals surface area contributed by atoms with Crippen molar-refractivity contribution in [2.24, 2.45) is 0 Å². The Hall–Kier alpha value is -3.12. The van der Waals surface area contributed by atoms with E-state index in [1.54, 1.807) is 22.8 Å². The number of hydrogen-bond donors (Lipinski definition) is 0. The monoisotopic (exact) mass is 286 g/mol. The molecule has 1 heterocycles. The van der Waals surface area contributed by atoms with Crippen molar-refractivity contribution in [2.45, 2.75) is 6.92 Å². The summed E-state index contributed by atoms with van der Waals surface area (Å²) >= 11 is 0. The van der Waals surface area contributed by atoms with Gasteiger partial charge in [0.1, 0.15) is 0 Å². The number of aromatic nitrogens is 1. The fraction of sp³-hybridized carbons (Fsp3) is 0.0526. The molecule has 3 aromatic rings. The normalized spacial score (nSPS) is 10.2. The fourth-order valence-corrected chi connectivity index (χ4v) is 2.39. The Morgan fingerprint density at radius 3 is 2.55 bits per heavy atom. The third kappa shape index (κ3) is 2.68. The molecule has 0 spiro atoms. The summed E-state index contributed by atoms with van der Waals surface area (Å²) in [5, 5.41) is 0. The molecule has 0 saturated heterocycles. The van der Waals surface area contributed by atoms with Crippen LogP contribution < -0.4 is 5.56 Å². The Bertz CT molecular complexity index is 932. The van der Waals surface area contributed by atoms with Crippen LogP contribution in [0.1, 0.15) is 5.56 Å². The molecule has 0 aliphatic rings. The van der Waals surface area contributed by atoms with Crippen LogP contribution in [0.25, 0.3) is 21.7 Å². The Labute approximate surface area is 128 Å². The zero-order chi connectivity index (χ0) is 15.5.